The van der Waals surface area contributed by atoms with E-state index in [4.69, 9.17) is 5.11 Å². The van der Waals surface area contributed by atoms with Crippen molar-refractivity contribution in [3.8, 4) is 0 Å². The van der Waals surface area contributed by atoms with Gasteiger partial charge in [0.25, 0.3) is 0 Å². The lowest BCUT2D eigenvalue weighted by molar-refractivity contribution is -0.137. The van der Waals surface area contributed by atoms with Crippen molar-refractivity contribution < 1.29 is 9.90 Å². The third kappa shape index (κ3) is 4.28. The van der Waals surface area contributed by atoms with Crippen LogP contribution in [-0.4, -0.2) is 33.5 Å². The van der Waals surface area contributed by atoms with Crippen LogP contribution >= 0.6 is 11.3 Å². The molecule has 0 aliphatic rings. The Morgan fingerprint density at radius 1 is 1.62 bits per heavy atom. The van der Waals surface area contributed by atoms with Crippen LogP contribution in [0.2, 0.25) is 0 Å². The van der Waals surface area contributed by atoms with Gasteiger partial charge in [0.2, 0.25) is 0 Å². The van der Waals surface area contributed by atoms with Gasteiger partial charge in [-0.25, -0.2) is 4.98 Å². The minimum atomic E-state index is -0.750. The molecule has 0 bridgehead atoms. The maximum atomic E-state index is 10.5. The molecule has 5 heteroatoms. The van der Waals surface area contributed by atoms with Crippen molar-refractivity contribution in [2.24, 2.45) is 0 Å². The Kier molecular flexibility index (Phi) is 4.89. The van der Waals surface area contributed by atoms with Gasteiger partial charge in [0, 0.05) is 24.5 Å². The number of carbonyl (C=O) groups is 1. The summed E-state index contributed by atoms with van der Waals surface area (Å²) in [5.74, 6) is -0.750. The predicted octanol–water partition coefficient (Wildman–Crippen LogP) is 2.14. The van der Waals surface area contributed by atoms with Gasteiger partial charge >= 0.3 is 5.97 Å². The Hall–Kier alpha value is -0.940. The molecular weight excluding hydrogens is 224 g/mol. The zero-order chi connectivity index (χ0) is 12.1. The highest BCUT2D eigenvalue weighted by molar-refractivity contribution is 7.09. The van der Waals surface area contributed by atoms with Crippen LogP contribution in [0, 0.1) is 6.92 Å². The second-order valence-corrected chi connectivity index (χ2v) is 5.13. The van der Waals surface area contributed by atoms with Crippen LogP contribution in [0.25, 0.3) is 0 Å². The van der Waals surface area contributed by atoms with Crippen LogP contribution < -0.4 is 0 Å². The lowest BCUT2D eigenvalue weighted by Crippen LogP contribution is -2.32. The Morgan fingerprint density at radius 2 is 2.31 bits per heavy atom. The van der Waals surface area contributed by atoms with E-state index in [0.717, 1.165) is 17.2 Å². The summed E-state index contributed by atoms with van der Waals surface area (Å²) in [4.78, 5) is 17.1. The van der Waals surface area contributed by atoms with Crippen molar-refractivity contribution >= 4 is 17.3 Å². The summed E-state index contributed by atoms with van der Waals surface area (Å²) in [6.07, 6.45) is 0.182. The third-order valence-corrected chi connectivity index (χ3v) is 3.20. The molecule has 1 rings (SSSR count). The first-order valence-corrected chi connectivity index (χ1v) is 6.24. The highest BCUT2D eigenvalue weighted by Gasteiger charge is 2.13. The number of nitrogens with zero attached hydrogens (tertiary/aromatic N) is 2. The van der Waals surface area contributed by atoms with E-state index in [-0.39, 0.29) is 6.42 Å². The third-order valence-electron chi connectivity index (χ3n) is 2.37. The van der Waals surface area contributed by atoms with Crippen LogP contribution in [0.4, 0.5) is 0 Å². The minimum Gasteiger partial charge on any atom is -0.481 e. The summed E-state index contributed by atoms with van der Waals surface area (Å²) >= 11 is 1.63. The number of carboxylic acids is 1. The monoisotopic (exact) mass is 242 g/mol. The molecule has 0 fully saturated rings. The first-order valence-electron chi connectivity index (χ1n) is 5.36. The van der Waals surface area contributed by atoms with Gasteiger partial charge in [0.05, 0.1) is 17.1 Å². The zero-order valence-corrected chi connectivity index (χ0v) is 10.8. The van der Waals surface area contributed by atoms with Crippen LogP contribution in [0.3, 0.4) is 0 Å². The van der Waals surface area contributed by atoms with Gasteiger partial charge < -0.3 is 5.11 Å². The molecule has 0 spiro atoms. The Bertz CT molecular complexity index is 350. The molecule has 0 amide bonds. The predicted molar refractivity (Wildman–Crippen MR) is 64.6 cm³/mol. The summed E-state index contributed by atoms with van der Waals surface area (Å²) in [6, 6.07) is 0.335. The molecule has 0 saturated heterocycles. The molecule has 4 nitrogen and oxygen atoms in total. The second-order valence-electron chi connectivity index (χ2n) is 4.07. The highest BCUT2D eigenvalue weighted by Crippen LogP contribution is 2.12. The number of hydrogen-bond donors (Lipinski definition) is 1. The number of hydrogen-bond acceptors (Lipinski definition) is 4. The molecule has 0 unspecified atom stereocenters. The molecule has 1 aromatic rings. The fourth-order valence-electron chi connectivity index (χ4n) is 1.45. The van der Waals surface area contributed by atoms with Crippen LogP contribution in [-0.2, 0) is 11.3 Å². The first kappa shape index (κ1) is 13.1. The Labute approximate surface area is 99.9 Å². The number of aliphatic carboxylic acids is 1. The number of carboxylic acid groups (broad SMARTS) is 1. The summed E-state index contributed by atoms with van der Waals surface area (Å²) < 4.78 is 0. The van der Waals surface area contributed by atoms with E-state index in [1.54, 1.807) is 11.3 Å². The molecule has 90 valence electrons. The van der Waals surface area contributed by atoms with E-state index in [9.17, 15) is 4.79 Å². The molecule has 0 radical (unpaired) electrons. The van der Waals surface area contributed by atoms with Gasteiger partial charge in [0.15, 0.2) is 0 Å². The van der Waals surface area contributed by atoms with Crippen LogP contribution in [0.15, 0.2) is 5.38 Å². The standard InChI is InChI=1S/C11H18N2O2S/c1-8(2)13(5-4-11(14)15)6-10-7-16-9(3)12-10/h7-8H,4-6H2,1-3H3,(H,14,15). The fraction of sp³-hybridized carbons (Fsp3) is 0.636. The van der Waals surface area contributed by atoms with Gasteiger partial charge in [-0.05, 0) is 20.8 Å². The average Bonchev–Trinajstić information content (AvgIpc) is 2.57. The van der Waals surface area contributed by atoms with Gasteiger partial charge in [-0.1, -0.05) is 0 Å². The van der Waals surface area contributed by atoms with Crippen molar-refractivity contribution in [3.63, 3.8) is 0 Å². The number of aromatic nitrogens is 1. The van der Waals surface area contributed by atoms with Gasteiger partial charge in [-0.3, -0.25) is 9.69 Å². The summed E-state index contributed by atoms with van der Waals surface area (Å²) in [5, 5.41) is 11.8. The molecule has 1 aromatic heterocycles. The van der Waals surface area contributed by atoms with Crippen LogP contribution in [0.5, 0.6) is 0 Å². The fourth-order valence-corrected chi connectivity index (χ4v) is 2.05. The molecule has 16 heavy (non-hydrogen) atoms. The second kappa shape index (κ2) is 5.96. The van der Waals surface area contributed by atoms with Crippen molar-refractivity contribution in [2.45, 2.75) is 39.8 Å². The highest BCUT2D eigenvalue weighted by atomic mass is 32.1. The van der Waals surface area contributed by atoms with E-state index in [0.29, 0.717) is 12.6 Å². The summed E-state index contributed by atoms with van der Waals surface area (Å²) in [5.41, 5.74) is 1.03. The average molecular weight is 242 g/mol. The van der Waals surface area contributed by atoms with E-state index < -0.39 is 5.97 Å². The molecule has 1 N–H and O–H groups in total. The molecule has 0 aromatic carbocycles. The van der Waals surface area contributed by atoms with E-state index in [1.807, 2.05) is 12.3 Å². The van der Waals surface area contributed by atoms with Crippen molar-refractivity contribution in [1.29, 1.82) is 0 Å². The minimum absolute atomic E-state index is 0.182. The lowest BCUT2D eigenvalue weighted by Gasteiger charge is -2.24. The Morgan fingerprint density at radius 3 is 2.75 bits per heavy atom. The normalized spacial score (nSPS) is 11.3. The molecule has 1 heterocycles. The topological polar surface area (TPSA) is 53.4 Å². The molecule has 0 atom stereocenters. The van der Waals surface area contributed by atoms with Gasteiger partial charge in [-0.15, -0.1) is 11.3 Å². The van der Waals surface area contributed by atoms with E-state index >= 15 is 0 Å². The van der Waals surface area contributed by atoms with Gasteiger partial charge in [-0.2, -0.15) is 0 Å². The first-order chi connectivity index (χ1) is 7.49. The van der Waals surface area contributed by atoms with E-state index in [1.165, 1.54) is 0 Å². The van der Waals surface area contributed by atoms with Crippen molar-refractivity contribution in [3.05, 3.63) is 16.1 Å². The number of thiazole rings is 1. The molecule has 0 aliphatic heterocycles. The maximum Gasteiger partial charge on any atom is 0.304 e. The summed E-state index contributed by atoms with van der Waals surface area (Å²) in [6.45, 7) is 7.42. The van der Waals surface area contributed by atoms with Crippen molar-refractivity contribution in [1.82, 2.24) is 9.88 Å². The molecular formula is C11H18N2O2S. The number of rotatable bonds is 6. The number of aryl methyl sites for hydroxylation is 1. The van der Waals surface area contributed by atoms with Crippen LogP contribution in [0.1, 0.15) is 31.0 Å². The Balaban J connectivity index is 2.54. The maximum absolute atomic E-state index is 10.5. The largest absolute Gasteiger partial charge is 0.481 e. The smallest absolute Gasteiger partial charge is 0.304 e. The SMILES string of the molecule is Cc1nc(CN(CCC(=O)O)C(C)C)cs1. The summed E-state index contributed by atoms with van der Waals surface area (Å²) in [7, 11) is 0. The van der Waals surface area contributed by atoms with Gasteiger partial charge in [0.1, 0.15) is 0 Å². The molecule has 0 saturated carbocycles. The van der Waals surface area contributed by atoms with Crippen molar-refractivity contribution in [2.75, 3.05) is 6.54 Å². The quantitative estimate of drug-likeness (QED) is 0.830. The van der Waals surface area contributed by atoms with E-state index in [2.05, 4.69) is 23.7 Å². The zero-order valence-electron chi connectivity index (χ0n) is 9.93. The lowest BCUT2D eigenvalue weighted by atomic mass is 10.2. The molecule has 0 aliphatic carbocycles.